The number of imide groups is 1. The zero-order chi connectivity index (χ0) is 24.3. The number of hydrogen-bond acceptors (Lipinski definition) is 6. The van der Waals surface area contributed by atoms with Gasteiger partial charge >= 0.3 is 0 Å². The highest BCUT2D eigenvalue weighted by Crippen LogP contribution is 2.38. The molecule has 9 heteroatoms. The Morgan fingerprint density at radius 1 is 1.06 bits per heavy atom. The van der Waals surface area contributed by atoms with Crippen LogP contribution in [0.4, 0.5) is 0 Å². The second-order valence-electron chi connectivity index (χ2n) is 9.51. The maximum absolute atomic E-state index is 13.0. The van der Waals surface area contributed by atoms with Crippen LogP contribution in [0.15, 0.2) is 36.5 Å². The van der Waals surface area contributed by atoms with Crippen molar-refractivity contribution in [1.29, 1.82) is 0 Å². The van der Waals surface area contributed by atoms with Crippen molar-refractivity contribution < 1.29 is 19.1 Å². The minimum absolute atomic E-state index is 0.0395. The largest absolute Gasteiger partial charge is 0.493 e. The molecule has 3 aliphatic heterocycles. The normalized spacial score (nSPS) is 21.4. The topological polar surface area (TPSA) is 106 Å². The molecule has 6 rings (SSSR count). The van der Waals surface area contributed by atoms with Crippen LogP contribution in [0.1, 0.15) is 57.9 Å². The quantitative estimate of drug-likeness (QED) is 0.589. The Labute approximate surface area is 202 Å². The smallest absolute Gasteiger partial charge is 0.255 e. The maximum atomic E-state index is 13.0. The molecule has 1 N–H and O–H groups in total. The summed E-state index contributed by atoms with van der Waals surface area (Å²) >= 11 is 0. The fourth-order valence-electron chi connectivity index (χ4n) is 5.43. The summed E-state index contributed by atoms with van der Waals surface area (Å²) in [5, 5.41) is 11.2. The van der Waals surface area contributed by atoms with Gasteiger partial charge in [0.15, 0.2) is 0 Å². The lowest BCUT2D eigenvalue weighted by Crippen LogP contribution is -2.52. The van der Waals surface area contributed by atoms with Crippen molar-refractivity contribution >= 4 is 17.7 Å². The Morgan fingerprint density at radius 3 is 2.74 bits per heavy atom. The average Bonchev–Trinajstić information content (AvgIpc) is 3.44. The lowest BCUT2D eigenvalue weighted by atomic mass is 9.96. The van der Waals surface area contributed by atoms with E-state index in [2.05, 4.69) is 41.6 Å². The highest BCUT2D eigenvalue weighted by atomic mass is 16.5. The molecular formula is C26H25N5O4. The molecule has 0 saturated carbocycles. The number of fused-ring (bicyclic) bond motifs is 2. The second kappa shape index (κ2) is 8.04. The van der Waals surface area contributed by atoms with Crippen molar-refractivity contribution in [3.8, 4) is 17.0 Å². The first-order valence-corrected chi connectivity index (χ1v) is 11.8. The van der Waals surface area contributed by atoms with Gasteiger partial charge in [-0.05, 0) is 43.5 Å². The molecule has 0 radical (unpaired) electrons. The van der Waals surface area contributed by atoms with E-state index in [0.717, 1.165) is 40.1 Å². The van der Waals surface area contributed by atoms with Crippen LogP contribution in [0.2, 0.25) is 0 Å². The number of carbonyl (C=O) groups is 3. The van der Waals surface area contributed by atoms with Gasteiger partial charge in [0, 0.05) is 36.1 Å². The van der Waals surface area contributed by atoms with E-state index in [4.69, 9.17) is 4.74 Å². The molecular weight excluding hydrogens is 446 g/mol. The number of aromatic nitrogens is 3. The average molecular weight is 472 g/mol. The fourth-order valence-corrected chi connectivity index (χ4v) is 5.43. The fraction of sp³-hybridized carbons (Fsp3) is 0.346. The molecule has 1 aromatic heterocycles. The van der Waals surface area contributed by atoms with E-state index >= 15 is 0 Å². The highest BCUT2D eigenvalue weighted by Gasteiger charge is 2.39. The first kappa shape index (κ1) is 21.5. The molecule has 9 nitrogen and oxygen atoms in total. The molecule has 2 atom stereocenters. The van der Waals surface area contributed by atoms with Gasteiger partial charge in [-0.1, -0.05) is 29.0 Å². The number of benzene rings is 2. The molecule has 1 unspecified atom stereocenters. The molecule has 0 aliphatic carbocycles. The van der Waals surface area contributed by atoms with Gasteiger partial charge < -0.3 is 9.64 Å². The minimum Gasteiger partial charge on any atom is -0.493 e. The van der Waals surface area contributed by atoms with E-state index < -0.39 is 11.9 Å². The van der Waals surface area contributed by atoms with E-state index in [1.807, 2.05) is 23.0 Å². The Hall–Kier alpha value is -4.01. The Morgan fingerprint density at radius 2 is 1.91 bits per heavy atom. The van der Waals surface area contributed by atoms with E-state index in [1.165, 1.54) is 5.56 Å². The molecule has 3 amide bonds. The van der Waals surface area contributed by atoms with Gasteiger partial charge in [-0.25, -0.2) is 4.68 Å². The predicted octanol–water partition coefficient (Wildman–Crippen LogP) is 2.69. The van der Waals surface area contributed by atoms with Crippen LogP contribution in [-0.2, 0) is 16.1 Å². The summed E-state index contributed by atoms with van der Waals surface area (Å²) in [4.78, 5) is 38.3. The van der Waals surface area contributed by atoms with E-state index in [-0.39, 0.29) is 24.3 Å². The Kier molecular flexibility index (Phi) is 4.94. The van der Waals surface area contributed by atoms with Crippen LogP contribution in [-0.4, -0.2) is 50.3 Å². The first-order chi connectivity index (χ1) is 16.9. The van der Waals surface area contributed by atoms with Crippen molar-refractivity contribution in [2.45, 2.75) is 51.7 Å². The SMILES string of the molecule is Cc1cc(C)c2c(c1)[C@@H](n1cc(-c3ccc4c(c3)CN(C3CCC(=O)NC3=O)C4=O)nn1)CCO2. The molecule has 178 valence electrons. The summed E-state index contributed by atoms with van der Waals surface area (Å²) in [7, 11) is 0. The number of aryl methyl sites for hydroxylation is 2. The Bertz CT molecular complexity index is 1390. The van der Waals surface area contributed by atoms with Gasteiger partial charge in [-0.2, -0.15) is 0 Å². The van der Waals surface area contributed by atoms with Crippen molar-refractivity contribution in [2.24, 2.45) is 0 Å². The number of rotatable bonds is 3. The summed E-state index contributed by atoms with van der Waals surface area (Å²) in [6, 6.07) is 9.28. The number of amides is 3. The maximum Gasteiger partial charge on any atom is 0.255 e. The number of nitrogens with one attached hydrogen (secondary N) is 1. The molecule has 1 saturated heterocycles. The zero-order valence-electron chi connectivity index (χ0n) is 19.6. The molecule has 35 heavy (non-hydrogen) atoms. The predicted molar refractivity (Wildman–Crippen MR) is 126 cm³/mol. The third kappa shape index (κ3) is 3.58. The summed E-state index contributed by atoms with van der Waals surface area (Å²) in [6.45, 7) is 5.09. The molecule has 1 fully saturated rings. The van der Waals surface area contributed by atoms with Gasteiger partial charge in [-0.15, -0.1) is 5.10 Å². The summed E-state index contributed by atoms with van der Waals surface area (Å²) < 4.78 is 7.83. The van der Waals surface area contributed by atoms with Crippen molar-refractivity contribution in [3.63, 3.8) is 0 Å². The lowest BCUT2D eigenvalue weighted by molar-refractivity contribution is -0.136. The third-order valence-corrected chi connectivity index (χ3v) is 7.09. The van der Waals surface area contributed by atoms with Crippen LogP contribution < -0.4 is 10.1 Å². The summed E-state index contributed by atoms with van der Waals surface area (Å²) in [5.74, 6) is 0.0359. The monoisotopic (exact) mass is 471 g/mol. The van der Waals surface area contributed by atoms with E-state index in [0.29, 0.717) is 25.1 Å². The van der Waals surface area contributed by atoms with Crippen LogP contribution in [0.3, 0.4) is 0 Å². The number of carbonyl (C=O) groups excluding carboxylic acids is 3. The molecule has 3 aliphatic rings. The first-order valence-electron chi connectivity index (χ1n) is 11.8. The second-order valence-corrected chi connectivity index (χ2v) is 9.51. The van der Waals surface area contributed by atoms with Crippen LogP contribution in [0.25, 0.3) is 11.3 Å². The van der Waals surface area contributed by atoms with Crippen molar-refractivity contribution in [1.82, 2.24) is 25.2 Å². The van der Waals surface area contributed by atoms with E-state index in [9.17, 15) is 14.4 Å². The van der Waals surface area contributed by atoms with Crippen LogP contribution in [0.5, 0.6) is 5.75 Å². The molecule has 4 heterocycles. The number of nitrogens with zero attached hydrogens (tertiary/aromatic N) is 4. The standard InChI is InChI=1S/C26H25N5O4/c1-14-9-15(2)24-19(10-14)21(7-8-35-24)31-13-20(28-29-31)16-3-4-18-17(11-16)12-30(26(18)34)22-5-6-23(32)27-25(22)33/h3-4,9-11,13,21-22H,5-8,12H2,1-2H3,(H,27,32,33)/t21-,22?/m0/s1. The summed E-state index contributed by atoms with van der Waals surface area (Å²) in [5.41, 5.74) is 6.42. The van der Waals surface area contributed by atoms with E-state index in [1.54, 1.807) is 11.0 Å². The number of piperidine rings is 1. The van der Waals surface area contributed by atoms with Crippen LogP contribution >= 0.6 is 0 Å². The van der Waals surface area contributed by atoms with Gasteiger partial charge in [0.05, 0.1) is 18.8 Å². The van der Waals surface area contributed by atoms with Gasteiger partial charge in [0.25, 0.3) is 5.91 Å². The van der Waals surface area contributed by atoms with Gasteiger partial charge in [0.2, 0.25) is 11.8 Å². The van der Waals surface area contributed by atoms with Gasteiger partial charge in [-0.3, -0.25) is 19.7 Å². The highest BCUT2D eigenvalue weighted by molar-refractivity contribution is 6.05. The van der Waals surface area contributed by atoms with Gasteiger partial charge in [0.1, 0.15) is 17.5 Å². The number of hydrogen-bond donors (Lipinski definition) is 1. The third-order valence-electron chi connectivity index (χ3n) is 7.09. The number of ether oxygens (including phenoxy) is 1. The molecule has 3 aromatic rings. The summed E-state index contributed by atoms with van der Waals surface area (Å²) in [6.07, 6.45) is 3.32. The van der Waals surface area contributed by atoms with Crippen molar-refractivity contribution in [3.05, 3.63) is 64.3 Å². The Balaban J connectivity index is 1.27. The molecule has 0 bridgehead atoms. The molecule has 0 spiro atoms. The molecule has 2 aromatic carbocycles. The van der Waals surface area contributed by atoms with Crippen molar-refractivity contribution in [2.75, 3.05) is 6.61 Å². The zero-order valence-corrected chi connectivity index (χ0v) is 19.6. The van der Waals surface area contributed by atoms with Crippen LogP contribution in [0, 0.1) is 13.8 Å². The lowest BCUT2D eigenvalue weighted by Gasteiger charge is -2.29. The minimum atomic E-state index is -0.627.